The van der Waals surface area contributed by atoms with Gasteiger partial charge in [-0.3, -0.25) is 9.62 Å². The van der Waals surface area contributed by atoms with Crippen LogP contribution >= 0.6 is 0 Å². The van der Waals surface area contributed by atoms with Gasteiger partial charge in [0.25, 0.3) is 10.0 Å². The Morgan fingerprint density at radius 1 is 1.10 bits per heavy atom. The molecule has 4 rings (SSSR count). The van der Waals surface area contributed by atoms with Gasteiger partial charge in [0.1, 0.15) is 17.7 Å². The third-order valence-corrected chi connectivity index (χ3v) is 8.29. The number of sulfonamides is 1. The maximum Gasteiger partial charge on any atom is 0.427 e. The van der Waals surface area contributed by atoms with E-state index in [1.807, 2.05) is 0 Å². The number of hydrogen-bond acceptors (Lipinski definition) is 6. The lowest BCUT2D eigenvalue weighted by atomic mass is 9.93. The summed E-state index contributed by atoms with van der Waals surface area (Å²) in [5, 5.41) is 7.63. The van der Waals surface area contributed by atoms with Crippen molar-refractivity contribution in [3.05, 3.63) is 48.3 Å². The predicted molar refractivity (Wildman–Crippen MR) is 136 cm³/mol. The van der Waals surface area contributed by atoms with Crippen molar-refractivity contribution < 1.29 is 45.0 Å². The summed E-state index contributed by atoms with van der Waals surface area (Å²) in [7, 11) is -4.31. The molecule has 15 heteroatoms. The van der Waals surface area contributed by atoms with Gasteiger partial charge in [-0.25, -0.2) is 22.4 Å². The number of alkyl halides is 3. The molecule has 1 aliphatic carbocycles. The molecule has 0 spiro atoms. The van der Waals surface area contributed by atoms with Crippen molar-refractivity contribution >= 4 is 33.5 Å². The fourth-order valence-corrected chi connectivity index (χ4v) is 5.38. The van der Waals surface area contributed by atoms with Crippen LogP contribution in [0.3, 0.4) is 0 Å². The first kappa shape index (κ1) is 29.2. The molecule has 0 radical (unpaired) electrons. The molecule has 0 unspecified atom stereocenters. The molecule has 1 atom stereocenters. The molecule has 0 bridgehead atoms. The first-order chi connectivity index (χ1) is 18.7. The van der Waals surface area contributed by atoms with Crippen LogP contribution in [0.15, 0.2) is 47.4 Å². The molecule has 1 fully saturated rings. The Balaban J connectivity index is 1.58. The third-order valence-electron chi connectivity index (χ3n) is 6.50. The Hall–Kier alpha value is -3.75. The first-order valence-corrected chi connectivity index (χ1v) is 13.8. The molecular weight excluding hydrogens is 560 g/mol. The number of rotatable bonds is 7. The monoisotopic (exact) mass is 588 g/mol. The molecule has 1 heterocycles. The van der Waals surface area contributed by atoms with Crippen LogP contribution < -0.4 is 25.0 Å². The number of anilines is 2. The molecule has 0 saturated heterocycles. The van der Waals surface area contributed by atoms with Gasteiger partial charge in [-0.15, -0.1) is 0 Å². The SMILES string of the molecule is CC(C)(OC(=O)Nc1ccc2c(c1)N(S(=O)(=O)c1ccc(F)cc1)C[C@H](CNC(=O)NC1CCC1)O2)C(F)(F)F. The van der Waals surface area contributed by atoms with Gasteiger partial charge >= 0.3 is 18.3 Å². The van der Waals surface area contributed by atoms with Crippen molar-refractivity contribution in [1.82, 2.24) is 10.6 Å². The van der Waals surface area contributed by atoms with E-state index in [0.29, 0.717) is 13.8 Å². The van der Waals surface area contributed by atoms with Gasteiger partial charge in [0.2, 0.25) is 5.60 Å². The Labute approximate surface area is 228 Å². The van der Waals surface area contributed by atoms with Crippen LogP contribution in [-0.4, -0.2) is 57.6 Å². The smallest absolute Gasteiger partial charge is 0.427 e. The summed E-state index contributed by atoms with van der Waals surface area (Å²) in [6, 6.07) is 7.61. The van der Waals surface area contributed by atoms with Gasteiger partial charge in [0, 0.05) is 11.7 Å². The molecule has 3 N–H and O–H groups in total. The third kappa shape index (κ3) is 6.51. The second-order valence-electron chi connectivity index (χ2n) is 9.92. The minimum atomic E-state index is -4.83. The molecule has 10 nitrogen and oxygen atoms in total. The summed E-state index contributed by atoms with van der Waals surface area (Å²) in [5.41, 5.74) is -2.88. The molecule has 40 heavy (non-hydrogen) atoms. The standard InChI is InChI=1S/C25H28F4N4O6S/c1-24(2,25(27,28)29)39-23(35)32-17-8-11-21-20(12-17)33(40(36,37)19-9-6-15(26)7-10-19)14-18(38-21)13-30-22(34)31-16-4-3-5-16/h6-12,16,18H,3-5,13-14H2,1-2H3,(H,32,35)(H2,30,31,34)/t18-/m0/s1. The number of benzene rings is 2. The molecule has 3 amide bonds. The van der Waals surface area contributed by atoms with Gasteiger partial charge in [0.05, 0.1) is 23.7 Å². The first-order valence-electron chi connectivity index (χ1n) is 12.4. The molecule has 2 aliphatic rings. The largest absolute Gasteiger partial charge is 0.484 e. The average molecular weight is 589 g/mol. The minimum Gasteiger partial charge on any atom is -0.484 e. The van der Waals surface area contributed by atoms with E-state index in [1.165, 1.54) is 18.2 Å². The summed E-state index contributed by atoms with van der Waals surface area (Å²) in [4.78, 5) is 24.2. The second kappa shape index (κ2) is 11.0. The number of amides is 3. The molecule has 218 valence electrons. The van der Waals surface area contributed by atoms with E-state index in [0.717, 1.165) is 47.8 Å². The van der Waals surface area contributed by atoms with E-state index in [1.54, 1.807) is 0 Å². The van der Waals surface area contributed by atoms with Gasteiger partial charge in [0.15, 0.2) is 0 Å². The highest BCUT2D eigenvalue weighted by molar-refractivity contribution is 7.92. The molecular formula is C25H28F4N4O6S. The van der Waals surface area contributed by atoms with Gasteiger partial charge in [-0.1, -0.05) is 0 Å². The van der Waals surface area contributed by atoms with E-state index in [9.17, 15) is 35.6 Å². The van der Waals surface area contributed by atoms with E-state index in [-0.39, 0.29) is 41.2 Å². The van der Waals surface area contributed by atoms with Gasteiger partial charge < -0.3 is 20.1 Å². The van der Waals surface area contributed by atoms with Crippen LogP contribution in [0.1, 0.15) is 33.1 Å². The van der Waals surface area contributed by atoms with Crippen LogP contribution in [0.2, 0.25) is 0 Å². The zero-order valence-corrected chi connectivity index (χ0v) is 22.4. The van der Waals surface area contributed by atoms with Crippen LogP contribution in [0.25, 0.3) is 0 Å². The minimum absolute atomic E-state index is 0.0348. The van der Waals surface area contributed by atoms with Crippen molar-refractivity contribution in [3.63, 3.8) is 0 Å². The molecule has 1 aliphatic heterocycles. The molecule has 0 aromatic heterocycles. The lowest BCUT2D eigenvalue weighted by molar-refractivity contribution is -0.242. The molecule has 2 aromatic rings. The quantitative estimate of drug-likeness (QED) is 0.409. The highest BCUT2D eigenvalue weighted by Gasteiger charge is 2.51. The number of carbonyl (C=O) groups is 2. The van der Waals surface area contributed by atoms with E-state index in [2.05, 4.69) is 20.7 Å². The normalized spacial score (nSPS) is 17.6. The highest BCUT2D eigenvalue weighted by atomic mass is 32.2. The van der Waals surface area contributed by atoms with Gasteiger partial charge in [-0.05, 0) is 75.6 Å². The number of carbonyl (C=O) groups excluding carboxylic acids is 2. The summed E-state index contributed by atoms with van der Waals surface area (Å²) >= 11 is 0. The van der Waals surface area contributed by atoms with E-state index >= 15 is 0 Å². The summed E-state index contributed by atoms with van der Waals surface area (Å²) < 4.78 is 91.3. The maximum atomic E-state index is 13.6. The van der Waals surface area contributed by atoms with E-state index < -0.39 is 45.8 Å². The van der Waals surface area contributed by atoms with E-state index in [4.69, 9.17) is 4.74 Å². The van der Waals surface area contributed by atoms with Crippen molar-refractivity contribution in [1.29, 1.82) is 0 Å². The van der Waals surface area contributed by atoms with Crippen LogP contribution in [-0.2, 0) is 14.8 Å². The Morgan fingerprint density at radius 2 is 1.77 bits per heavy atom. The second-order valence-corrected chi connectivity index (χ2v) is 11.8. The number of hydrogen-bond donors (Lipinski definition) is 3. The number of halogens is 4. The lowest BCUT2D eigenvalue weighted by Crippen LogP contribution is -2.51. The van der Waals surface area contributed by atoms with Crippen molar-refractivity contribution in [3.8, 4) is 5.75 Å². The summed E-state index contributed by atoms with van der Waals surface area (Å²) in [6.07, 6.45) is -4.29. The zero-order valence-electron chi connectivity index (χ0n) is 21.5. The number of nitrogens with zero attached hydrogens (tertiary/aromatic N) is 1. The Morgan fingerprint density at radius 3 is 2.38 bits per heavy atom. The Bertz CT molecular complexity index is 1360. The van der Waals surface area contributed by atoms with Crippen molar-refractivity contribution in [2.45, 2.75) is 61.9 Å². The topological polar surface area (TPSA) is 126 Å². The van der Waals surface area contributed by atoms with Crippen molar-refractivity contribution in [2.24, 2.45) is 0 Å². The summed E-state index contributed by atoms with van der Waals surface area (Å²) in [6.45, 7) is 1.05. The fraction of sp³-hybridized carbons (Fsp3) is 0.440. The number of ether oxygens (including phenoxy) is 2. The zero-order chi connectivity index (χ0) is 29.3. The highest BCUT2D eigenvalue weighted by Crippen LogP contribution is 2.39. The van der Waals surface area contributed by atoms with Crippen molar-refractivity contribution in [2.75, 3.05) is 22.7 Å². The Kier molecular flexibility index (Phi) is 8.06. The number of fused-ring (bicyclic) bond motifs is 1. The number of urea groups is 1. The number of nitrogens with one attached hydrogen (secondary N) is 3. The van der Waals surface area contributed by atoms with Crippen LogP contribution in [0, 0.1) is 5.82 Å². The fourth-order valence-electron chi connectivity index (χ4n) is 3.89. The summed E-state index contributed by atoms with van der Waals surface area (Å²) in [5.74, 6) is -0.578. The maximum absolute atomic E-state index is 13.6. The lowest BCUT2D eigenvalue weighted by Gasteiger charge is -2.36. The molecule has 1 saturated carbocycles. The van der Waals surface area contributed by atoms with Crippen LogP contribution in [0.4, 0.5) is 38.5 Å². The molecule has 2 aromatic carbocycles. The van der Waals surface area contributed by atoms with Crippen LogP contribution in [0.5, 0.6) is 5.75 Å². The predicted octanol–water partition coefficient (Wildman–Crippen LogP) is 4.52. The average Bonchev–Trinajstić information content (AvgIpc) is 2.83. The van der Waals surface area contributed by atoms with Gasteiger partial charge in [-0.2, -0.15) is 13.2 Å².